The number of carbonyl (C=O) groups excluding carboxylic acids is 1. The second-order valence-electron chi connectivity index (χ2n) is 12.1. The van der Waals surface area contributed by atoms with Crippen LogP contribution < -0.4 is 16.0 Å². The van der Waals surface area contributed by atoms with E-state index >= 15 is 0 Å². The fraction of sp³-hybridized carbons (Fsp3) is 0.324. The van der Waals surface area contributed by atoms with Crippen molar-refractivity contribution in [3.8, 4) is 5.75 Å². The minimum atomic E-state index is -0.724. The maximum atomic E-state index is 13.6. The van der Waals surface area contributed by atoms with Gasteiger partial charge < -0.3 is 20.6 Å². The summed E-state index contributed by atoms with van der Waals surface area (Å²) in [5.74, 6) is 0.827. The Hall–Kier alpha value is -4.13. The first-order valence-electron chi connectivity index (χ1n) is 15.1. The summed E-state index contributed by atoms with van der Waals surface area (Å²) in [6, 6.07) is 32.2. The topological polar surface area (TPSA) is 76.6 Å². The summed E-state index contributed by atoms with van der Waals surface area (Å²) < 4.78 is 0. The Bertz CT molecular complexity index is 1420. The van der Waals surface area contributed by atoms with Crippen LogP contribution in [-0.4, -0.2) is 36.7 Å². The van der Waals surface area contributed by atoms with Crippen molar-refractivity contribution in [2.24, 2.45) is 0 Å². The number of aromatic hydroxyl groups is 1. The van der Waals surface area contributed by atoms with E-state index < -0.39 is 5.54 Å². The Morgan fingerprint density at radius 2 is 1.35 bits per heavy atom. The van der Waals surface area contributed by atoms with Crippen LogP contribution in [0.3, 0.4) is 0 Å². The maximum absolute atomic E-state index is 13.6. The first-order valence-corrected chi connectivity index (χ1v) is 15.1. The molecule has 0 aromatic heterocycles. The molecule has 4 N–H and O–H groups in total. The van der Waals surface area contributed by atoms with Gasteiger partial charge in [0.05, 0.1) is 5.54 Å². The lowest BCUT2D eigenvalue weighted by molar-refractivity contribution is 0.247. The Balaban J connectivity index is 1.68. The van der Waals surface area contributed by atoms with Crippen molar-refractivity contribution >= 4 is 11.7 Å². The van der Waals surface area contributed by atoms with Crippen LogP contribution in [0.15, 0.2) is 97.1 Å². The highest BCUT2D eigenvalue weighted by atomic mass is 16.3. The van der Waals surface area contributed by atoms with Gasteiger partial charge in [0.2, 0.25) is 0 Å². The molecule has 0 aliphatic heterocycles. The molecule has 2 amide bonds. The van der Waals surface area contributed by atoms with E-state index in [9.17, 15) is 9.90 Å². The number of benzene rings is 4. The third-order valence-electron chi connectivity index (χ3n) is 7.88. The number of para-hydroxylation sites is 1. The minimum Gasteiger partial charge on any atom is -0.508 e. The van der Waals surface area contributed by atoms with Gasteiger partial charge in [-0.1, -0.05) is 113 Å². The number of anilines is 1. The van der Waals surface area contributed by atoms with Gasteiger partial charge in [-0.3, -0.25) is 5.32 Å². The first kappa shape index (κ1) is 31.8. The molecule has 0 saturated heterocycles. The molecule has 0 heterocycles. The number of amides is 2. The van der Waals surface area contributed by atoms with E-state index in [4.69, 9.17) is 0 Å². The second-order valence-corrected chi connectivity index (χ2v) is 12.1. The summed E-state index contributed by atoms with van der Waals surface area (Å²) in [5, 5.41) is 20.7. The average molecular weight is 579 g/mol. The lowest BCUT2D eigenvalue weighted by Crippen LogP contribution is -2.52. The van der Waals surface area contributed by atoms with E-state index in [0.29, 0.717) is 19.6 Å². The number of urea groups is 1. The van der Waals surface area contributed by atoms with Gasteiger partial charge in [-0.25, -0.2) is 4.79 Å². The highest BCUT2D eigenvalue weighted by Gasteiger charge is 2.34. The zero-order chi connectivity index (χ0) is 31.0. The molecular weight excluding hydrogens is 532 g/mol. The Kier molecular flexibility index (Phi) is 10.6. The Labute approximate surface area is 257 Å². The molecule has 0 saturated carbocycles. The van der Waals surface area contributed by atoms with Crippen molar-refractivity contribution in [2.75, 3.05) is 26.0 Å². The molecule has 0 radical (unpaired) electrons. The van der Waals surface area contributed by atoms with E-state index in [2.05, 4.69) is 86.1 Å². The highest BCUT2D eigenvalue weighted by Crippen LogP contribution is 2.33. The quantitative estimate of drug-likeness (QED) is 0.140. The number of phenols is 1. The molecular formula is C37H46N4O2. The number of nitrogens with zero attached hydrogens (tertiary/aromatic N) is 1. The summed E-state index contributed by atoms with van der Waals surface area (Å²) in [4.78, 5) is 15.7. The van der Waals surface area contributed by atoms with E-state index in [-0.39, 0.29) is 23.6 Å². The van der Waals surface area contributed by atoms with Gasteiger partial charge in [0.1, 0.15) is 5.75 Å². The number of hydrogen-bond donors (Lipinski definition) is 4. The maximum Gasteiger partial charge on any atom is 0.319 e. The lowest BCUT2D eigenvalue weighted by Gasteiger charge is -2.37. The van der Waals surface area contributed by atoms with Crippen molar-refractivity contribution in [3.05, 3.63) is 130 Å². The molecule has 43 heavy (non-hydrogen) atoms. The zero-order valence-corrected chi connectivity index (χ0v) is 26.3. The van der Waals surface area contributed by atoms with Crippen LogP contribution >= 0.6 is 0 Å². The number of nitrogens with one attached hydrogen (secondary N) is 3. The monoisotopic (exact) mass is 578 g/mol. The number of rotatable bonds is 12. The van der Waals surface area contributed by atoms with E-state index in [1.54, 1.807) is 6.07 Å². The third-order valence-corrected chi connectivity index (χ3v) is 7.88. The van der Waals surface area contributed by atoms with Crippen LogP contribution in [0.25, 0.3) is 0 Å². The standard InChI is InChI=1S/C37H46N4O2/c1-26(2)32-18-13-19-33(27(3)4)35(32)40-36(43)38-25-37(30-14-9-7-10-15-30,31-16-11-8-12-17-31)39-23-28-20-21-34(42)29(22-28)24-41(5)6/h7-22,26-27,39,42H,23-25H2,1-6H3,(H2,38,40,43). The third kappa shape index (κ3) is 7.83. The van der Waals surface area contributed by atoms with Crippen molar-refractivity contribution in [2.45, 2.75) is 58.2 Å². The second kappa shape index (κ2) is 14.4. The molecule has 4 aromatic rings. The summed E-state index contributed by atoms with van der Waals surface area (Å²) in [5.41, 5.74) is 6.41. The normalized spacial score (nSPS) is 11.7. The average Bonchev–Trinajstić information content (AvgIpc) is 2.99. The van der Waals surface area contributed by atoms with E-state index in [1.807, 2.05) is 67.5 Å². The summed E-state index contributed by atoms with van der Waals surface area (Å²) in [6.07, 6.45) is 0. The molecule has 4 rings (SSSR count). The van der Waals surface area contributed by atoms with Crippen LogP contribution in [0.1, 0.15) is 72.9 Å². The van der Waals surface area contributed by atoms with Crippen molar-refractivity contribution in [1.29, 1.82) is 0 Å². The molecule has 4 aromatic carbocycles. The molecule has 226 valence electrons. The molecule has 0 atom stereocenters. The van der Waals surface area contributed by atoms with Crippen LogP contribution in [0.2, 0.25) is 0 Å². The number of carbonyl (C=O) groups is 1. The lowest BCUT2D eigenvalue weighted by atomic mass is 9.82. The minimum absolute atomic E-state index is 0.245. The van der Waals surface area contributed by atoms with Gasteiger partial charge in [-0.15, -0.1) is 0 Å². The number of phenolic OH excluding ortho intramolecular Hbond substituents is 1. The van der Waals surface area contributed by atoms with Gasteiger partial charge in [0.25, 0.3) is 0 Å². The molecule has 6 heteroatoms. The molecule has 0 aliphatic rings. The van der Waals surface area contributed by atoms with Crippen molar-refractivity contribution in [1.82, 2.24) is 15.5 Å². The first-order chi connectivity index (χ1) is 20.6. The summed E-state index contributed by atoms with van der Waals surface area (Å²) in [6.45, 7) is 10.1. The fourth-order valence-electron chi connectivity index (χ4n) is 5.62. The van der Waals surface area contributed by atoms with Gasteiger partial charge in [-0.2, -0.15) is 0 Å². The predicted octanol–water partition coefficient (Wildman–Crippen LogP) is 7.56. The molecule has 0 unspecified atom stereocenters. The van der Waals surface area contributed by atoms with Crippen molar-refractivity contribution in [3.63, 3.8) is 0 Å². The van der Waals surface area contributed by atoms with Crippen LogP contribution in [0.4, 0.5) is 10.5 Å². The summed E-state index contributed by atoms with van der Waals surface area (Å²) in [7, 11) is 3.97. The van der Waals surface area contributed by atoms with Gasteiger partial charge in [0, 0.05) is 30.9 Å². The SMILES string of the molecule is CC(C)c1cccc(C(C)C)c1NC(=O)NCC(NCc1ccc(O)c(CN(C)C)c1)(c1ccccc1)c1ccccc1. The van der Waals surface area contributed by atoms with Gasteiger partial charge >= 0.3 is 6.03 Å². The molecule has 6 nitrogen and oxygen atoms in total. The molecule has 0 aliphatic carbocycles. The van der Waals surface area contributed by atoms with Crippen molar-refractivity contribution < 1.29 is 9.90 Å². The predicted molar refractivity (Wildman–Crippen MR) is 178 cm³/mol. The number of hydrogen-bond acceptors (Lipinski definition) is 4. The molecule has 0 bridgehead atoms. The Morgan fingerprint density at radius 1 is 0.791 bits per heavy atom. The van der Waals surface area contributed by atoms with Gasteiger partial charge in [-0.05, 0) is 65.9 Å². The van der Waals surface area contributed by atoms with Crippen LogP contribution in [0, 0.1) is 0 Å². The highest BCUT2D eigenvalue weighted by molar-refractivity contribution is 5.91. The van der Waals surface area contributed by atoms with Crippen LogP contribution in [0.5, 0.6) is 5.75 Å². The van der Waals surface area contributed by atoms with E-state index in [0.717, 1.165) is 39.1 Å². The molecule has 0 spiro atoms. The smallest absolute Gasteiger partial charge is 0.319 e. The van der Waals surface area contributed by atoms with Gasteiger partial charge in [0.15, 0.2) is 0 Å². The summed E-state index contributed by atoms with van der Waals surface area (Å²) >= 11 is 0. The van der Waals surface area contributed by atoms with E-state index in [1.165, 1.54) is 0 Å². The van der Waals surface area contributed by atoms with Crippen LogP contribution in [-0.2, 0) is 18.6 Å². The largest absolute Gasteiger partial charge is 0.508 e. The Morgan fingerprint density at radius 3 is 1.86 bits per heavy atom. The fourth-order valence-corrected chi connectivity index (χ4v) is 5.62. The molecule has 0 fully saturated rings. The zero-order valence-electron chi connectivity index (χ0n) is 26.3.